The fraction of sp³-hybridized carbons (Fsp3) is 0.571. The van der Waals surface area contributed by atoms with Gasteiger partial charge in [0, 0.05) is 12.1 Å². The molecule has 1 aliphatic carbocycles. The topological polar surface area (TPSA) is 41.3 Å². The molecule has 2 rings (SSSR count). The van der Waals surface area contributed by atoms with Crippen molar-refractivity contribution in [3.8, 4) is 0 Å². The minimum Gasteiger partial charge on any atom is -0.397 e. The average molecular weight is 233 g/mol. The number of nitrogens with one attached hydrogen (secondary N) is 1. The number of nitrogen functional groups attached to an aromatic ring is 1. The molecule has 1 aliphatic rings. The van der Waals surface area contributed by atoms with E-state index >= 15 is 0 Å². The van der Waals surface area contributed by atoms with Crippen molar-refractivity contribution in [2.24, 2.45) is 0 Å². The SMILES string of the molecule is Cc1ccc(NCC2(N(C)C)CCC2)c(N)c1. The molecule has 0 spiro atoms. The van der Waals surface area contributed by atoms with Crippen LogP contribution in [0.25, 0.3) is 0 Å². The van der Waals surface area contributed by atoms with Gasteiger partial charge in [0.1, 0.15) is 0 Å². The summed E-state index contributed by atoms with van der Waals surface area (Å²) in [7, 11) is 4.33. The van der Waals surface area contributed by atoms with Crippen molar-refractivity contribution in [3.05, 3.63) is 23.8 Å². The first-order chi connectivity index (χ1) is 8.03. The van der Waals surface area contributed by atoms with Crippen molar-refractivity contribution < 1.29 is 0 Å². The zero-order valence-corrected chi connectivity index (χ0v) is 11.1. The third-order valence-corrected chi connectivity index (χ3v) is 4.05. The van der Waals surface area contributed by atoms with Crippen LogP contribution in [-0.2, 0) is 0 Å². The van der Waals surface area contributed by atoms with Crippen molar-refractivity contribution in [2.75, 3.05) is 31.7 Å². The fourth-order valence-corrected chi connectivity index (χ4v) is 2.47. The molecule has 3 nitrogen and oxygen atoms in total. The highest BCUT2D eigenvalue weighted by Gasteiger charge is 2.38. The van der Waals surface area contributed by atoms with Gasteiger partial charge in [-0.15, -0.1) is 0 Å². The van der Waals surface area contributed by atoms with Crippen molar-refractivity contribution in [1.29, 1.82) is 0 Å². The summed E-state index contributed by atoms with van der Waals surface area (Å²) < 4.78 is 0. The second-order valence-corrected chi connectivity index (χ2v) is 5.42. The Morgan fingerprint density at radius 3 is 2.53 bits per heavy atom. The minimum absolute atomic E-state index is 0.331. The average Bonchev–Trinajstić information content (AvgIpc) is 2.18. The van der Waals surface area contributed by atoms with Crippen LogP contribution in [0.2, 0.25) is 0 Å². The van der Waals surface area contributed by atoms with E-state index in [2.05, 4.69) is 43.4 Å². The van der Waals surface area contributed by atoms with Gasteiger partial charge < -0.3 is 16.0 Å². The van der Waals surface area contributed by atoms with Gasteiger partial charge in [-0.3, -0.25) is 0 Å². The van der Waals surface area contributed by atoms with Gasteiger partial charge in [0.2, 0.25) is 0 Å². The standard InChI is InChI=1S/C14H23N3/c1-11-5-6-13(12(15)9-11)16-10-14(17(2)3)7-4-8-14/h5-6,9,16H,4,7-8,10,15H2,1-3H3. The van der Waals surface area contributed by atoms with Gasteiger partial charge in [-0.05, 0) is 58.0 Å². The van der Waals surface area contributed by atoms with E-state index in [1.165, 1.54) is 24.8 Å². The van der Waals surface area contributed by atoms with Crippen LogP contribution in [0, 0.1) is 6.92 Å². The summed E-state index contributed by atoms with van der Waals surface area (Å²) in [5, 5.41) is 3.50. The lowest BCUT2D eigenvalue weighted by atomic mass is 9.75. The lowest BCUT2D eigenvalue weighted by Gasteiger charge is -2.47. The number of nitrogens with two attached hydrogens (primary N) is 1. The molecule has 3 N–H and O–H groups in total. The fourth-order valence-electron chi connectivity index (χ4n) is 2.47. The maximum atomic E-state index is 6.01. The molecular weight excluding hydrogens is 210 g/mol. The van der Waals surface area contributed by atoms with Gasteiger partial charge >= 0.3 is 0 Å². The zero-order valence-electron chi connectivity index (χ0n) is 11.1. The van der Waals surface area contributed by atoms with Crippen LogP contribution in [-0.4, -0.2) is 31.1 Å². The first-order valence-corrected chi connectivity index (χ1v) is 6.31. The van der Waals surface area contributed by atoms with E-state index in [0.717, 1.165) is 17.9 Å². The first kappa shape index (κ1) is 12.2. The molecule has 0 bridgehead atoms. The molecule has 1 aromatic rings. The Morgan fingerprint density at radius 1 is 1.35 bits per heavy atom. The molecule has 0 radical (unpaired) electrons. The summed E-state index contributed by atoms with van der Waals surface area (Å²) in [4.78, 5) is 2.34. The van der Waals surface area contributed by atoms with Crippen LogP contribution in [0.4, 0.5) is 11.4 Å². The van der Waals surface area contributed by atoms with Crippen molar-refractivity contribution in [2.45, 2.75) is 31.7 Å². The van der Waals surface area contributed by atoms with E-state index in [9.17, 15) is 0 Å². The third kappa shape index (κ3) is 2.39. The number of nitrogens with zero attached hydrogens (tertiary/aromatic N) is 1. The second-order valence-electron chi connectivity index (χ2n) is 5.42. The molecular formula is C14H23N3. The third-order valence-electron chi connectivity index (χ3n) is 4.05. The van der Waals surface area contributed by atoms with E-state index < -0.39 is 0 Å². The van der Waals surface area contributed by atoms with Crippen molar-refractivity contribution in [1.82, 2.24) is 4.90 Å². The van der Waals surface area contributed by atoms with Crippen LogP contribution in [0.1, 0.15) is 24.8 Å². The van der Waals surface area contributed by atoms with Gasteiger partial charge in [-0.1, -0.05) is 6.07 Å². The predicted octanol–water partition coefficient (Wildman–Crippen LogP) is 2.47. The van der Waals surface area contributed by atoms with Gasteiger partial charge in [0.05, 0.1) is 11.4 Å². The molecule has 0 atom stereocenters. The molecule has 0 saturated heterocycles. The minimum atomic E-state index is 0.331. The van der Waals surface area contributed by atoms with Crippen LogP contribution >= 0.6 is 0 Å². The molecule has 1 saturated carbocycles. The van der Waals surface area contributed by atoms with Gasteiger partial charge in [0.25, 0.3) is 0 Å². The maximum Gasteiger partial charge on any atom is 0.0574 e. The van der Waals surface area contributed by atoms with E-state index in [1.54, 1.807) is 0 Å². The Bertz CT molecular complexity index is 394. The summed E-state index contributed by atoms with van der Waals surface area (Å²) in [5.41, 5.74) is 9.45. The lowest BCUT2D eigenvalue weighted by Crippen LogP contribution is -2.54. The number of aryl methyl sites for hydroxylation is 1. The summed E-state index contributed by atoms with van der Waals surface area (Å²) in [6.45, 7) is 3.04. The van der Waals surface area contributed by atoms with Crippen molar-refractivity contribution in [3.63, 3.8) is 0 Å². The summed E-state index contributed by atoms with van der Waals surface area (Å²) in [5.74, 6) is 0. The Labute approximate surface area is 104 Å². The molecule has 1 fully saturated rings. The number of rotatable bonds is 4. The monoisotopic (exact) mass is 233 g/mol. The Morgan fingerprint density at radius 2 is 2.06 bits per heavy atom. The molecule has 0 unspecified atom stereocenters. The Balaban J connectivity index is 2.02. The van der Waals surface area contributed by atoms with Crippen LogP contribution in [0.3, 0.4) is 0 Å². The van der Waals surface area contributed by atoms with Crippen LogP contribution < -0.4 is 11.1 Å². The van der Waals surface area contributed by atoms with E-state index in [-0.39, 0.29) is 0 Å². The summed E-state index contributed by atoms with van der Waals surface area (Å²) in [6, 6.07) is 6.19. The zero-order chi connectivity index (χ0) is 12.5. The Hall–Kier alpha value is -1.22. The number of benzene rings is 1. The number of likely N-dealkylation sites (N-methyl/N-ethyl adjacent to an activating group) is 1. The lowest BCUT2D eigenvalue weighted by molar-refractivity contribution is 0.0739. The summed E-state index contributed by atoms with van der Waals surface area (Å²) >= 11 is 0. The highest BCUT2D eigenvalue weighted by atomic mass is 15.2. The Kier molecular flexibility index (Phi) is 3.29. The quantitative estimate of drug-likeness (QED) is 0.785. The molecule has 0 aliphatic heterocycles. The summed E-state index contributed by atoms with van der Waals surface area (Å²) in [6.07, 6.45) is 3.89. The molecule has 0 aromatic heterocycles. The number of anilines is 2. The smallest absolute Gasteiger partial charge is 0.0574 e. The van der Waals surface area contributed by atoms with Gasteiger partial charge in [0.15, 0.2) is 0 Å². The normalized spacial score (nSPS) is 17.9. The number of hydrogen-bond donors (Lipinski definition) is 2. The molecule has 0 amide bonds. The van der Waals surface area contributed by atoms with Crippen molar-refractivity contribution >= 4 is 11.4 Å². The van der Waals surface area contributed by atoms with E-state index in [0.29, 0.717) is 5.54 Å². The van der Waals surface area contributed by atoms with E-state index in [4.69, 9.17) is 5.73 Å². The second kappa shape index (κ2) is 4.57. The van der Waals surface area contributed by atoms with Crippen LogP contribution in [0.5, 0.6) is 0 Å². The molecule has 94 valence electrons. The number of hydrogen-bond acceptors (Lipinski definition) is 3. The van der Waals surface area contributed by atoms with Gasteiger partial charge in [-0.2, -0.15) is 0 Å². The van der Waals surface area contributed by atoms with Crippen LogP contribution in [0.15, 0.2) is 18.2 Å². The van der Waals surface area contributed by atoms with Gasteiger partial charge in [-0.25, -0.2) is 0 Å². The van der Waals surface area contributed by atoms with E-state index in [1.807, 2.05) is 6.07 Å². The highest BCUT2D eigenvalue weighted by molar-refractivity contribution is 5.67. The largest absolute Gasteiger partial charge is 0.397 e. The predicted molar refractivity (Wildman–Crippen MR) is 74.4 cm³/mol. The molecule has 17 heavy (non-hydrogen) atoms. The molecule has 0 heterocycles. The molecule has 3 heteroatoms. The first-order valence-electron chi connectivity index (χ1n) is 6.31. The maximum absolute atomic E-state index is 6.01. The highest BCUT2D eigenvalue weighted by Crippen LogP contribution is 2.36. The molecule has 1 aromatic carbocycles.